The minimum absolute atomic E-state index is 0.197. The van der Waals surface area contributed by atoms with Gasteiger partial charge in [0, 0.05) is 13.2 Å². The molecule has 3 rings (SSSR count). The van der Waals surface area contributed by atoms with Crippen LogP contribution in [0.5, 0.6) is 11.5 Å². The molecule has 0 unspecified atom stereocenters. The fourth-order valence-corrected chi connectivity index (χ4v) is 1.97. The van der Waals surface area contributed by atoms with Gasteiger partial charge in [-0.2, -0.15) is 0 Å². The number of aromatic nitrogens is 1. The number of benzene rings is 1. The maximum atomic E-state index is 5.58. The number of nitrogens with zero attached hydrogens (tertiary/aromatic N) is 1. The third-order valence-electron chi connectivity index (χ3n) is 2.70. The Morgan fingerprint density at radius 3 is 3.00 bits per heavy atom. The predicted molar refractivity (Wildman–Crippen MR) is 63.2 cm³/mol. The summed E-state index contributed by atoms with van der Waals surface area (Å²) >= 11 is 0. The number of rotatable bonds is 3. The molecular weight excluding hydrogens is 236 g/mol. The second kappa shape index (κ2) is 4.23. The molecular formula is C12H12N2O4. The minimum Gasteiger partial charge on any atom is -0.454 e. The van der Waals surface area contributed by atoms with Gasteiger partial charge in [0.05, 0.1) is 12.2 Å². The third-order valence-corrected chi connectivity index (χ3v) is 2.70. The van der Waals surface area contributed by atoms with E-state index in [1.165, 1.54) is 0 Å². The molecule has 1 aliphatic heterocycles. The van der Waals surface area contributed by atoms with Crippen molar-refractivity contribution in [3.8, 4) is 22.8 Å². The second-order valence-corrected chi connectivity index (χ2v) is 3.88. The van der Waals surface area contributed by atoms with Crippen LogP contribution in [0.4, 0.5) is 5.82 Å². The highest BCUT2D eigenvalue weighted by molar-refractivity contribution is 5.75. The Morgan fingerprint density at radius 1 is 1.39 bits per heavy atom. The van der Waals surface area contributed by atoms with Crippen molar-refractivity contribution in [1.29, 1.82) is 0 Å². The Balaban J connectivity index is 2.18. The number of nitrogens with two attached hydrogens (primary N) is 1. The van der Waals surface area contributed by atoms with Crippen molar-refractivity contribution in [2.75, 3.05) is 19.6 Å². The van der Waals surface area contributed by atoms with Crippen LogP contribution in [0.2, 0.25) is 0 Å². The van der Waals surface area contributed by atoms with Gasteiger partial charge < -0.3 is 24.5 Å². The molecule has 2 N–H and O–H groups in total. The molecule has 0 aliphatic carbocycles. The maximum absolute atomic E-state index is 5.58. The number of hydrogen-bond donors (Lipinski definition) is 1. The highest BCUT2D eigenvalue weighted by Gasteiger charge is 2.24. The van der Waals surface area contributed by atoms with Crippen molar-refractivity contribution in [3.63, 3.8) is 0 Å². The zero-order valence-electron chi connectivity index (χ0n) is 9.80. The lowest BCUT2D eigenvalue weighted by molar-refractivity contribution is 0.173. The average Bonchev–Trinajstić information content (AvgIpc) is 2.97. The molecule has 6 nitrogen and oxygen atoms in total. The predicted octanol–water partition coefficient (Wildman–Crippen LogP) is 1.80. The molecule has 0 fully saturated rings. The number of hydrogen-bond acceptors (Lipinski definition) is 6. The lowest BCUT2D eigenvalue weighted by Gasteiger charge is -2.08. The molecule has 0 atom stereocenters. The molecule has 18 heavy (non-hydrogen) atoms. The fourth-order valence-electron chi connectivity index (χ4n) is 1.97. The van der Waals surface area contributed by atoms with Crippen LogP contribution >= 0.6 is 0 Å². The van der Waals surface area contributed by atoms with E-state index in [-0.39, 0.29) is 6.79 Å². The summed E-state index contributed by atoms with van der Waals surface area (Å²) in [5.41, 5.74) is 7.28. The van der Waals surface area contributed by atoms with Gasteiger partial charge >= 0.3 is 0 Å². The van der Waals surface area contributed by atoms with Gasteiger partial charge in [-0.25, -0.2) is 0 Å². The SMILES string of the molecule is COCc1ccc2c(c1-c1cc(N)no1)OCO2. The number of ether oxygens (including phenoxy) is 3. The molecule has 94 valence electrons. The van der Waals surface area contributed by atoms with Crippen molar-refractivity contribution < 1.29 is 18.7 Å². The van der Waals surface area contributed by atoms with Gasteiger partial charge in [-0.1, -0.05) is 11.2 Å². The summed E-state index contributed by atoms with van der Waals surface area (Å²) in [6, 6.07) is 5.40. The molecule has 2 heterocycles. The van der Waals surface area contributed by atoms with Gasteiger partial charge in [-0.15, -0.1) is 0 Å². The molecule has 0 saturated carbocycles. The minimum atomic E-state index is 0.197. The zero-order chi connectivity index (χ0) is 12.5. The average molecular weight is 248 g/mol. The van der Waals surface area contributed by atoms with Crippen LogP contribution in [-0.2, 0) is 11.3 Å². The molecule has 0 amide bonds. The second-order valence-electron chi connectivity index (χ2n) is 3.88. The highest BCUT2D eigenvalue weighted by atomic mass is 16.7. The van der Waals surface area contributed by atoms with Gasteiger partial charge in [0.15, 0.2) is 23.1 Å². The summed E-state index contributed by atoms with van der Waals surface area (Å²) in [4.78, 5) is 0. The first-order valence-electron chi connectivity index (χ1n) is 5.42. The van der Waals surface area contributed by atoms with Crippen LogP contribution in [0.1, 0.15) is 5.56 Å². The molecule has 0 spiro atoms. The Kier molecular flexibility index (Phi) is 2.56. The molecule has 1 aliphatic rings. The van der Waals surface area contributed by atoms with E-state index in [0.717, 1.165) is 11.1 Å². The summed E-state index contributed by atoms with van der Waals surface area (Å²) in [5, 5.41) is 3.69. The third kappa shape index (κ3) is 1.67. The molecule has 1 aromatic carbocycles. The van der Waals surface area contributed by atoms with Gasteiger partial charge in [0.25, 0.3) is 0 Å². The van der Waals surface area contributed by atoms with E-state index in [9.17, 15) is 0 Å². The van der Waals surface area contributed by atoms with Crippen LogP contribution in [0.25, 0.3) is 11.3 Å². The smallest absolute Gasteiger partial charge is 0.231 e. The Hall–Kier alpha value is -2.21. The van der Waals surface area contributed by atoms with Crippen LogP contribution in [0.3, 0.4) is 0 Å². The summed E-state index contributed by atoms with van der Waals surface area (Å²) < 4.78 is 21.2. The standard InChI is InChI=1S/C12H12N2O4/c1-15-5-7-2-3-8-12(17-6-16-8)11(7)9-4-10(13)14-18-9/h2-4H,5-6H2,1H3,(H2,13,14). The summed E-state index contributed by atoms with van der Waals surface area (Å²) in [5.74, 6) is 2.19. The van der Waals surface area contributed by atoms with Crippen LogP contribution < -0.4 is 15.2 Å². The van der Waals surface area contributed by atoms with Gasteiger partial charge in [-0.05, 0) is 11.6 Å². The first-order chi connectivity index (χ1) is 8.79. The Labute approximate surface area is 103 Å². The van der Waals surface area contributed by atoms with E-state index in [1.54, 1.807) is 13.2 Å². The lowest BCUT2D eigenvalue weighted by Crippen LogP contribution is -1.95. The number of anilines is 1. The molecule has 2 aromatic rings. The van der Waals surface area contributed by atoms with Gasteiger partial charge in [-0.3, -0.25) is 0 Å². The summed E-state index contributed by atoms with van der Waals surface area (Å²) in [6.07, 6.45) is 0. The quantitative estimate of drug-likeness (QED) is 0.892. The number of fused-ring (bicyclic) bond motifs is 1. The monoisotopic (exact) mass is 248 g/mol. The summed E-state index contributed by atoms with van der Waals surface area (Å²) in [6.45, 7) is 0.634. The van der Waals surface area contributed by atoms with Gasteiger partial charge in [0.2, 0.25) is 6.79 Å². The molecule has 0 saturated heterocycles. The highest BCUT2D eigenvalue weighted by Crippen LogP contribution is 2.44. The number of methoxy groups -OCH3 is 1. The molecule has 1 aromatic heterocycles. The Bertz CT molecular complexity index is 579. The van der Waals surface area contributed by atoms with E-state index in [0.29, 0.717) is 29.7 Å². The van der Waals surface area contributed by atoms with E-state index in [2.05, 4.69) is 5.16 Å². The first kappa shape index (κ1) is 10.9. The molecule has 6 heteroatoms. The van der Waals surface area contributed by atoms with E-state index >= 15 is 0 Å². The topological polar surface area (TPSA) is 79.7 Å². The van der Waals surface area contributed by atoms with Crippen molar-refractivity contribution in [1.82, 2.24) is 5.16 Å². The maximum Gasteiger partial charge on any atom is 0.231 e. The molecule has 0 bridgehead atoms. The number of nitrogen functional groups attached to an aromatic ring is 1. The van der Waals surface area contributed by atoms with E-state index in [1.807, 2.05) is 12.1 Å². The van der Waals surface area contributed by atoms with Crippen LogP contribution in [0, 0.1) is 0 Å². The summed E-state index contributed by atoms with van der Waals surface area (Å²) in [7, 11) is 1.63. The first-order valence-corrected chi connectivity index (χ1v) is 5.42. The van der Waals surface area contributed by atoms with Gasteiger partial charge in [0.1, 0.15) is 0 Å². The van der Waals surface area contributed by atoms with Crippen molar-refractivity contribution in [2.45, 2.75) is 6.61 Å². The van der Waals surface area contributed by atoms with E-state index in [4.69, 9.17) is 24.5 Å². The van der Waals surface area contributed by atoms with Crippen molar-refractivity contribution in [2.24, 2.45) is 0 Å². The molecule has 0 radical (unpaired) electrons. The van der Waals surface area contributed by atoms with Crippen molar-refractivity contribution >= 4 is 5.82 Å². The fraction of sp³-hybridized carbons (Fsp3) is 0.250. The van der Waals surface area contributed by atoms with E-state index < -0.39 is 0 Å². The Morgan fingerprint density at radius 2 is 2.28 bits per heavy atom. The largest absolute Gasteiger partial charge is 0.454 e. The van der Waals surface area contributed by atoms with Crippen molar-refractivity contribution in [3.05, 3.63) is 23.8 Å². The zero-order valence-corrected chi connectivity index (χ0v) is 9.80. The lowest BCUT2D eigenvalue weighted by atomic mass is 10.0. The normalized spacial score (nSPS) is 12.9. The van der Waals surface area contributed by atoms with Crippen LogP contribution in [-0.4, -0.2) is 19.1 Å². The van der Waals surface area contributed by atoms with Crippen LogP contribution in [0.15, 0.2) is 22.7 Å².